The largest absolute Gasteiger partial charge is 0.463 e. The topological polar surface area (TPSA) is 61.3 Å². The van der Waals surface area contributed by atoms with Gasteiger partial charge in [-0.05, 0) is 18.9 Å². The van der Waals surface area contributed by atoms with E-state index in [-0.39, 0.29) is 5.82 Å². The number of ether oxygens (including phenoxy) is 2. The molecule has 1 aromatic heterocycles. The van der Waals surface area contributed by atoms with Crippen molar-refractivity contribution in [1.29, 1.82) is 0 Å². The third-order valence-corrected chi connectivity index (χ3v) is 2.68. The lowest BCUT2D eigenvalue weighted by atomic mass is 9.96. The van der Waals surface area contributed by atoms with Crippen molar-refractivity contribution >= 4 is 5.97 Å². The van der Waals surface area contributed by atoms with Crippen LogP contribution in [0.15, 0.2) is 12.3 Å². The van der Waals surface area contributed by atoms with Crippen LogP contribution in [0.5, 0.6) is 0 Å². The summed E-state index contributed by atoms with van der Waals surface area (Å²) in [5.74, 6) is 0.000516. The van der Waals surface area contributed by atoms with Crippen LogP contribution in [0.4, 0.5) is 0 Å². The van der Waals surface area contributed by atoms with E-state index in [9.17, 15) is 4.79 Å². The van der Waals surface area contributed by atoms with Gasteiger partial charge in [0.1, 0.15) is 0 Å². The zero-order valence-corrected chi connectivity index (χ0v) is 9.18. The number of methoxy groups -OCH3 is 1. The SMILES string of the molecule is COC(=O)c1nccc(C2CCOCC2)n1. The van der Waals surface area contributed by atoms with Gasteiger partial charge in [0.05, 0.1) is 7.11 Å². The van der Waals surface area contributed by atoms with Crippen molar-refractivity contribution in [3.63, 3.8) is 0 Å². The molecule has 0 saturated carbocycles. The average Bonchev–Trinajstić information content (AvgIpc) is 2.39. The maximum absolute atomic E-state index is 11.3. The van der Waals surface area contributed by atoms with Crippen molar-refractivity contribution in [2.24, 2.45) is 0 Å². The summed E-state index contributed by atoms with van der Waals surface area (Å²) in [7, 11) is 1.33. The van der Waals surface area contributed by atoms with Crippen molar-refractivity contribution in [3.05, 3.63) is 23.8 Å². The average molecular weight is 222 g/mol. The molecule has 86 valence electrons. The summed E-state index contributed by atoms with van der Waals surface area (Å²) in [6.45, 7) is 1.50. The van der Waals surface area contributed by atoms with Crippen molar-refractivity contribution < 1.29 is 14.3 Å². The lowest BCUT2D eigenvalue weighted by molar-refractivity contribution is 0.0585. The minimum Gasteiger partial charge on any atom is -0.463 e. The van der Waals surface area contributed by atoms with Gasteiger partial charge in [-0.3, -0.25) is 0 Å². The van der Waals surface area contributed by atoms with E-state index in [1.807, 2.05) is 6.07 Å². The quantitative estimate of drug-likeness (QED) is 0.702. The highest BCUT2D eigenvalue weighted by molar-refractivity contribution is 5.84. The molecule has 0 aromatic carbocycles. The van der Waals surface area contributed by atoms with E-state index in [1.54, 1.807) is 6.20 Å². The summed E-state index contributed by atoms with van der Waals surface area (Å²) < 4.78 is 9.87. The van der Waals surface area contributed by atoms with Gasteiger partial charge in [0, 0.05) is 31.0 Å². The van der Waals surface area contributed by atoms with E-state index >= 15 is 0 Å². The van der Waals surface area contributed by atoms with E-state index in [0.29, 0.717) is 5.92 Å². The lowest BCUT2D eigenvalue weighted by Gasteiger charge is -2.21. The van der Waals surface area contributed by atoms with E-state index in [0.717, 1.165) is 31.7 Å². The molecule has 5 heteroatoms. The number of esters is 1. The Morgan fingerprint density at radius 3 is 2.94 bits per heavy atom. The molecule has 2 heterocycles. The van der Waals surface area contributed by atoms with Crippen LogP contribution in [0.1, 0.15) is 35.1 Å². The maximum Gasteiger partial charge on any atom is 0.376 e. The number of hydrogen-bond donors (Lipinski definition) is 0. The zero-order valence-electron chi connectivity index (χ0n) is 9.18. The molecule has 0 aliphatic carbocycles. The Morgan fingerprint density at radius 2 is 2.25 bits per heavy atom. The van der Waals surface area contributed by atoms with Gasteiger partial charge < -0.3 is 9.47 Å². The second-order valence-electron chi connectivity index (χ2n) is 3.68. The highest BCUT2D eigenvalue weighted by atomic mass is 16.5. The van der Waals surface area contributed by atoms with Crippen LogP contribution in [-0.2, 0) is 9.47 Å². The molecule has 1 saturated heterocycles. The second-order valence-corrected chi connectivity index (χ2v) is 3.68. The molecule has 1 aliphatic heterocycles. The molecule has 0 amide bonds. The minimum absolute atomic E-state index is 0.131. The van der Waals surface area contributed by atoms with Crippen LogP contribution < -0.4 is 0 Å². The smallest absolute Gasteiger partial charge is 0.376 e. The van der Waals surface area contributed by atoms with Crippen molar-refractivity contribution in [3.8, 4) is 0 Å². The molecule has 0 unspecified atom stereocenters. The van der Waals surface area contributed by atoms with E-state index < -0.39 is 5.97 Å². The summed E-state index contributed by atoms with van der Waals surface area (Å²) in [5.41, 5.74) is 0.902. The van der Waals surface area contributed by atoms with Gasteiger partial charge in [0.2, 0.25) is 5.82 Å². The molecule has 5 nitrogen and oxygen atoms in total. The van der Waals surface area contributed by atoms with E-state index in [4.69, 9.17) is 4.74 Å². The lowest BCUT2D eigenvalue weighted by Crippen LogP contribution is -2.17. The predicted molar refractivity (Wildman–Crippen MR) is 56.2 cm³/mol. The molecule has 1 aromatic rings. The molecule has 0 radical (unpaired) electrons. The minimum atomic E-state index is -0.492. The van der Waals surface area contributed by atoms with Gasteiger partial charge in [0.25, 0.3) is 0 Å². The van der Waals surface area contributed by atoms with Crippen LogP contribution in [0.2, 0.25) is 0 Å². The molecule has 16 heavy (non-hydrogen) atoms. The van der Waals surface area contributed by atoms with Crippen molar-refractivity contribution in [2.45, 2.75) is 18.8 Å². The number of carbonyl (C=O) groups is 1. The molecule has 0 N–H and O–H groups in total. The van der Waals surface area contributed by atoms with Gasteiger partial charge in [-0.2, -0.15) is 0 Å². The predicted octanol–water partition coefficient (Wildman–Crippen LogP) is 1.16. The number of hydrogen-bond acceptors (Lipinski definition) is 5. The van der Waals surface area contributed by atoms with Crippen LogP contribution in [0.25, 0.3) is 0 Å². The normalized spacial score (nSPS) is 17.1. The monoisotopic (exact) mass is 222 g/mol. The second kappa shape index (κ2) is 5.03. The number of aromatic nitrogens is 2. The Hall–Kier alpha value is -1.49. The molecule has 1 aliphatic rings. The fourth-order valence-electron chi connectivity index (χ4n) is 1.78. The van der Waals surface area contributed by atoms with Crippen molar-refractivity contribution in [1.82, 2.24) is 9.97 Å². The van der Waals surface area contributed by atoms with Gasteiger partial charge in [-0.1, -0.05) is 0 Å². The van der Waals surface area contributed by atoms with Crippen molar-refractivity contribution in [2.75, 3.05) is 20.3 Å². The standard InChI is InChI=1S/C11H14N2O3/c1-15-11(14)10-12-5-2-9(13-10)8-3-6-16-7-4-8/h2,5,8H,3-4,6-7H2,1H3. The molecule has 0 atom stereocenters. The Labute approximate surface area is 93.8 Å². The fourth-order valence-corrected chi connectivity index (χ4v) is 1.78. The summed E-state index contributed by atoms with van der Waals surface area (Å²) in [5, 5.41) is 0. The third kappa shape index (κ3) is 2.36. The molecular formula is C11H14N2O3. The van der Waals surface area contributed by atoms with E-state index in [1.165, 1.54) is 7.11 Å². The van der Waals surface area contributed by atoms with E-state index in [2.05, 4.69) is 14.7 Å². The summed E-state index contributed by atoms with van der Waals surface area (Å²) in [4.78, 5) is 19.4. The summed E-state index contributed by atoms with van der Waals surface area (Å²) >= 11 is 0. The molecular weight excluding hydrogens is 208 g/mol. The molecule has 1 fully saturated rings. The number of carbonyl (C=O) groups excluding carboxylic acids is 1. The first kappa shape index (κ1) is 11.0. The Bertz CT molecular complexity index is 375. The van der Waals surface area contributed by atoms with Crippen LogP contribution >= 0.6 is 0 Å². The first-order valence-corrected chi connectivity index (χ1v) is 5.30. The Kier molecular flexibility index (Phi) is 3.46. The first-order chi connectivity index (χ1) is 7.81. The Balaban J connectivity index is 2.17. The molecule has 0 bridgehead atoms. The van der Waals surface area contributed by atoms with Gasteiger partial charge in [-0.25, -0.2) is 14.8 Å². The fraction of sp³-hybridized carbons (Fsp3) is 0.545. The third-order valence-electron chi connectivity index (χ3n) is 2.68. The summed E-state index contributed by atoms with van der Waals surface area (Å²) in [6.07, 6.45) is 3.49. The van der Waals surface area contributed by atoms with Crippen LogP contribution in [0, 0.1) is 0 Å². The number of rotatable bonds is 2. The van der Waals surface area contributed by atoms with Crippen LogP contribution in [0.3, 0.4) is 0 Å². The zero-order chi connectivity index (χ0) is 11.4. The highest BCUT2D eigenvalue weighted by Gasteiger charge is 2.19. The molecule has 2 rings (SSSR count). The van der Waals surface area contributed by atoms with Gasteiger partial charge in [-0.15, -0.1) is 0 Å². The maximum atomic E-state index is 11.3. The first-order valence-electron chi connectivity index (χ1n) is 5.30. The van der Waals surface area contributed by atoms with Gasteiger partial charge >= 0.3 is 5.97 Å². The summed E-state index contributed by atoms with van der Waals surface area (Å²) in [6, 6.07) is 1.85. The van der Waals surface area contributed by atoms with Gasteiger partial charge in [0.15, 0.2) is 0 Å². The van der Waals surface area contributed by atoms with Crippen LogP contribution in [-0.4, -0.2) is 36.3 Å². The Morgan fingerprint density at radius 1 is 1.50 bits per heavy atom. The number of nitrogens with zero attached hydrogens (tertiary/aromatic N) is 2. The molecule has 0 spiro atoms. The highest BCUT2D eigenvalue weighted by Crippen LogP contribution is 2.24.